The largest absolute Gasteiger partial charge is 0.475 e. The second-order valence-corrected chi connectivity index (χ2v) is 10.5. The van der Waals surface area contributed by atoms with Crippen LogP contribution in [0.2, 0.25) is 0 Å². The molecule has 1 amide bonds. The van der Waals surface area contributed by atoms with E-state index in [9.17, 15) is 18.0 Å². The number of carbonyl (C=O) groups is 2. The topological polar surface area (TPSA) is 93.2 Å². The normalized spacial score (nSPS) is 19.7. The summed E-state index contributed by atoms with van der Waals surface area (Å²) in [5.41, 5.74) is 0.600. The molecule has 2 heterocycles. The molecule has 2 aromatic rings. The van der Waals surface area contributed by atoms with E-state index in [1.165, 1.54) is 11.4 Å². The SMILES string of the molecule is COC(=O)[C@@H]1CN(C(=O)C2CCN(S(=O)(=O)c3ccc(Br)cc3)CC2)c2ccccc2O1. The number of ether oxygens (including phenoxy) is 2. The monoisotopic (exact) mass is 522 g/mol. The molecule has 1 saturated heterocycles. The highest BCUT2D eigenvalue weighted by Gasteiger charge is 2.39. The molecule has 2 aliphatic heterocycles. The van der Waals surface area contributed by atoms with Crippen molar-refractivity contribution in [3.63, 3.8) is 0 Å². The van der Waals surface area contributed by atoms with E-state index in [0.717, 1.165) is 4.47 Å². The summed E-state index contributed by atoms with van der Waals surface area (Å²) in [6.45, 7) is 0.558. The Morgan fingerprint density at radius 3 is 2.38 bits per heavy atom. The highest BCUT2D eigenvalue weighted by atomic mass is 79.9. The van der Waals surface area contributed by atoms with Gasteiger partial charge in [-0.15, -0.1) is 0 Å². The van der Waals surface area contributed by atoms with Crippen LogP contribution in [0.1, 0.15) is 12.8 Å². The number of rotatable bonds is 4. The molecule has 0 bridgehead atoms. The molecule has 8 nitrogen and oxygen atoms in total. The zero-order valence-corrected chi connectivity index (χ0v) is 19.8. The molecule has 0 aromatic heterocycles. The Morgan fingerprint density at radius 1 is 1.06 bits per heavy atom. The van der Waals surface area contributed by atoms with Crippen LogP contribution >= 0.6 is 15.9 Å². The maximum absolute atomic E-state index is 13.4. The number of nitrogens with zero attached hydrogens (tertiary/aromatic N) is 2. The van der Waals surface area contributed by atoms with Crippen molar-refractivity contribution in [2.24, 2.45) is 5.92 Å². The van der Waals surface area contributed by atoms with Gasteiger partial charge in [0.25, 0.3) is 0 Å². The lowest BCUT2D eigenvalue weighted by molar-refractivity contribution is -0.148. The lowest BCUT2D eigenvalue weighted by Gasteiger charge is -2.37. The quantitative estimate of drug-likeness (QED) is 0.573. The fourth-order valence-electron chi connectivity index (χ4n) is 4.02. The number of esters is 1. The molecule has 32 heavy (non-hydrogen) atoms. The van der Waals surface area contributed by atoms with E-state index in [1.807, 2.05) is 0 Å². The second-order valence-electron chi connectivity index (χ2n) is 7.68. The Hall–Kier alpha value is -2.43. The molecule has 0 N–H and O–H groups in total. The number of carbonyl (C=O) groups excluding carboxylic acids is 2. The molecule has 4 rings (SSSR count). The number of fused-ring (bicyclic) bond motifs is 1. The number of hydrogen-bond acceptors (Lipinski definition) is 6. The minimum Gasteiger partial charge on any atom is -0.475 e. The number of amides is 1. The predicted molar refractivity (Wildman–Crippen MR) is 121 cm³/mol. The third kappa shape index (κ3) is 4.39. The summed E-state index contributed by atoms with van der Waals surface area (Å²) in [5.74, 6) is -0.600. The molecule has 2 aromatic carbocycles. The fourth-order valence-corrected chi connectivity index (χ4v) is 5.75. The summed E-state index contributed by atoms with van der Waals surface area (Å²) in [7, 11) is -2.34. The minimum absolute atomic E-state index is 0.0555. The van der Waals surface area contributed by atoms with Crippen molar-refractivity contribution in [3.05, 3.63) is 53.0 Å². The first-order chi connectivity index (χ1) is 15.3. The van der Waals surface area contributed by atoms with Gasteiger partial charge in [0, 0.05) is 23.5 Å². The smallest absolute Gasteiger partial charge is 0.348 e. The number of sulfonamides is 1. The molecule has 0 spiro atoms. The van der Waals surface area contributed by atoms with Gasteiger partial charge in [0.1, 0.15) is 5.75 Å². The number of hydrogen-bond donors (Lipinski definition) is 0. The average molecular weight is 523 g/mol. The van der Waals surface area contributed by atoms with Gasteiger partial charge in [-0.3, -0.25) is 4.79 Å². The van der Waals surface area contributed by atoms with Crippen molar-refractivity contribution in [3.8, 4) is 5.75 Å². The van der Waals surface area contributed by atoms with Gasteiger partial charge in [-0.25, -0.2) is 13.2 Å². The molecule has 10 heteroatoms. The number of para-hydroxylation sites is 2. The summed E-state index contributed by atoms with van der Waals surface area (Å²) >= 11 is 3.31. The third-order valence-electron chi connectivity index (χ3n) is 5.76. The van der Waals surface area contributed by atoms with Gasteiger partial charge >= 0.3 is 5.97 Å². The average Bonchev–Trinajstić information content (AvgIpc) is 2.82. The van der Waals surface area contributed by atoms with Crippen LogP contribution in [-0.2, 0) is 24.3 Å². The Bertz CT molecular complexity index is 1110. The molecular formula is C22H23BrN2O6S. The van der Waals surface area contributed by atoms with Gasteiger partial charge < -0.3 is 14.4 Å². The van der Waals surface area contributed by atoms with Crippen LogP contribution in [0.5, 0.6) is 5.75 Å². The summed E-state index contributed by atoms with van der Waals surface area (Å²) in [6.07, 6.45) is -0.106. The van der Waals surface area contributed by atoms with E-state index in [2.05, 4.69) is 15.9 Å². The van der Waals surface area contributed by atoms with Crippen LogP contribution in [0, 0.1) is 5.92 Å². The number of benzene rings is 2. The molecule has 1 fully saturated rings. The molecular weight excluding hydrogens is 500 g/mol. The van der Waals surface area contributed by atoms with E-state index in [0.29, 0.717) is 24.3 Å². The molecule has 0 radical (unpaired) electrons. The van der Waals surface area contributed by atoms with Crippen molar-refractivity contribution < 1.29 is 27.5 Å². The van der Waals surface area contributed by atoms with Crippen LogP contribution in [-0.4, -0.2) is 57.4 Å². The zero-order valence-electron chi connectivity index (χ0n) is 17.4. The van der Waals surface area contributed by atoms with Crippen LogP contribution in [0.25, 0.3) is 0 Å². The lowest BCUT2D eigenvalue weighted by atomic mass is 9.95. The lowest BCUT2D eigenvalue weighted by Crippen LogP contribution is -2.51. The molecule has 0 aliphatic carbocycles. The van der Waals surface area contributed by atoms with Gasteiger partial charge in [0.2, 0.25) is 22.0 Å². The first kappa shape index (κ1) is 22.8. The van der Waals surface area contributed by atoms with E-state index < -0.39 is 22.1 Å². The van der Waals surface area contributed by atoms with Crippen molar-refractivity contribution in [1.29, 1.82) is 0 Å². The second kappa shape index (κ2) is 9.21. The van der Waals surface area contributed by atoms with Gasteiger partial charge in [-0.2, -0.15) is 4.31 Å². The number of piperidine rings is 1. The van der Waals surface area contributed by atoms with E-state index >= 15 is 0 Å². The summed E-state index contributed by atoms with van der Waals surface area (Å²) in [6, 6.07) is 13.6. The van der Waals surface area contributed by atoms with Crippen LogP contribution in [0.15, 0.2) is 57.9 Å². The number of halogens is 1. The van der Waals surface area contributed by atoms with Crippen molar-refractivity contribution in [1.82, 2.24) is 4.31 Å². The predicted octanol–water partition coefficient (Wildman–Crippen LogP) is 2.82. The van der Waals surface area contributed by atoms with Crippen molar-refractivity contribution >= 4 is 43.5 Å². The zero-order chi connectivity index (χ0) is 22.9. The van der Waals surface area contributed by atoms with Crippen molar-refractivity contribution in [2.75, 3.05) is 31.6 Å². The van der Waals surface area contributed by atoms with E-state index in [-0.39, 0.29) is 36.4 Å². The first-order valence-corrected chi connectivity index (χ1v) is 12.4. The number of anilines is 1. The summed E-state index contributed by atoms with van der Waals surface area (Å²) in [5, 5.41) is 0. The van der Waals surface area contributed by atoms with Crippen LogP contribution in [0.4, 0.5) is 5.69 Å². The summed E-state index contributed by atoms with van der Waals surface area (Å²) in [4.78, 5) is 27.2. The molecule has 170 valence electrons. The van der Waals surface area contributed by atoms with E-state index in [4.69, 9.17) is 9.47 Å². The molecule has 2 aliphatic rings. The van der Waals surface area contributed by atoms with Gasteiger partial charge in [0.05, 0.1) is 24.2 Å². The van der Waals surface area contributed by atoms with Crippen molar-refractivity contribution in [2.45, 2.75) is 23.8 Å². The fraction of sp³-hybridized carbons (Fsp3) is 0.364. The first-order valence-electron chi connectivity index (χ1n) is 10.2. The van der Waals surface area contributed by atoms with Crippen LogP contribution in [0.3, 0.4) is 0 Å². The Labute approximate surface area is 195 Å². The summed E-state index contributed by atoms with van der Waals surface area (Å²) < 4.78 is 38.6. The standard InChI is InChI=1S/C22H23BrN2O6S/c1-30-22(27)20-14-25(18-4-2-3-5-19(18)31-20)21(26)15-10-12-24(13-11-15)32(28,29)17-8-6-16(23)7-9-17/h2-9,15,20H,10-14H2,1H3/t20-/m0/s1. The van der Waals surface area contributed by atoms with Gasteiger partial charge in [-0.1, -0.05) is 28.1 Å². The van der Waals surface area contributed by atoms with Gasteiger partial charge in [-0.05, 0) is 49.2 Å². The maximum atomic E-state index is 13.4. The van der Waals surface area contributed by atoms with Crippen LogP contribution < -0.4 is 9.64 Å². The van der Waals surface area contributed by atoms with Gasteiger partial charge in [0.15, 0.2) is 0 Å². The highest BCUT2D eigenvalue weighted by Crippen LogP contribution is 2.36. The number of methoxy groups -OCH3 is 1. The minimum atomic E-state index is -3.62. The Kier molecular flexibility index (Phi) is 6.55. The molecule has 0 unspecified atom stereocenters. The third-order valence-corrected chi connectivity index (χ3v) is 8.20. The molecule has 0 saturated carbocycles. The highest BCUT2D eigenvalue weighted by molar-refractivity contribution is 9.10. The van der Waals surface area contributed by atoms with E-state index in [1.54, 1.807) is 53.4 Å². The Morgan fingerprint density at radius 2 is 1.72 bits per heavy atom. The Balaban J connectivity index is 1.48. The molecule has 1 atom stereocenters. The maximum Gasteiger partial charge on any atom is 0.348 e.